The van der Waals surface area contributed by atoms with Crippen LogP contribution in [0.15, 0.2) is 0 Å². The summed E-state index contributed by atoms with van der Waals surface area (Å²) in [6.45, 7) is 11.7. The molecule has 0 aromatic carbocycles. The highest BCUT2D eigenvalue weighted by Crippen LogP contribution is 2.32. The van der Waals surface area contributed by atoms with Gasteiger partial charge in [-0.1, -0.05) is 13.3 Å². The van der Waals surface area contributed by atoms with E-state index in [4.69, 9.17) is 0 Å². The number of piperidine rings is 1. The van der Waals surface area contributed by atoms with Crippen LogP contribution in [-0.2, 0) is 0 Å². The summed E-state index contributed by atoms with van der Waals surface area (Å²) in [5, 5.41) is 7.72. The van der Waals surface area contributed by atoms with Crippen LogP contribution in [-0.4, -0.2) is 23.2 Å². The molecule has 0 amide bonds. The van der Waals surface area contributed by atoms with Crippen molar-refractivity contribution < 1.29 is 0 Å². The Bertz CT molecular complexity index is 267. The first-order chi connectivity index (χ1) is 8.30. The van der Waals surface area contributed by atoms with Crippen molar-refractivity contribution in [3.05, 3.63) is 0 Å². The zero-order valence-corrected chi connectivity index (χ0v) is 13.0. The zero-order valence-electron chi connectivity index (χ0n) is 13.0. The van der Waals surface area contributed by atoms with E-state index < -0.39 is 0 Å². The van der Waals surface area contributed by atoms with Gasteiger partial charge in [-0.2, -0.15) is 0 Å². The molecule has 2 N–H and O–H groups in total. The van der Waals surface area contributed by atoms with E-state index in [9.17, 15) is 0 Å². The van der Waals surface area contributed by atoms with Crippen LogP contribution in [0.2, 0.25) is 0 Å². The second-order valence-corrected chi connectivity index (χ2v) is 7.95. The van der Waals surface area contributed by atoms with Gasteiger partial charge in [0.2, 0.25) is 0 Å². The largest absolute Gasteiger partial charge is 0.311 e. The van der Waals surface area contributed by atoms with E-state index in [1.807, 2.05) is 0 Å². The summed E-state index contributed by atoms with van der Waals surface area (Å²) in [6, 6.07) is 1.47. The maximum absolute atomic E-state index is 3.95. The summed E-state index contributed by atoms with van der Waals surface area (Å²) in [4.78, 5) is 0. The molecule has 2 rings (SSSR count). The lowest BCUT2D eigenvalue weighted by atomic mass is 9.79. The minimum Gasteiger partial charge on any atom is -0.311 e. The smallest absolute Gasteiger partial charge is 0.0144 e. The van der Waals surface area contributed by atoms with E-state index in [0.29, 0.717) is 6.04 Å². The van der Waals surface area contributed by atoms with E-state index >= 15 is 0 Å². The molecule has 1 aliphatic carbocycles. The monoisotopic (exact) mass is 252 g/mol. The maximum Gasteiger partial charge on any atom is 0.0144 e. The van der Waals surface area contributed by atoms with Gasteiger partial charge < -0.3 is 10.6 Å². The van der Waals surface area contributed by atoms with Gasteiger partial charge in [-0.25, -0.2) is 0 Å². The molecule has 0 spiro atoms. The third-order valence-electron chi connectivity index (χ3n) is 4.78. The molecular formula is C16H32N2. The average molecular weight is 252 g/mol. The minimum absolute atomic E-state index is 0.266. The number of rotatable bonds is 3. The Kier molecular flexibility index (Phi) is 4.08. The van der Waals surface area contributed by atoms with Crippen molar-refractivity contribution in [1.29, 1.82) is 0 Å². The highest BCUT2D eigenvalue weighted by atomic mass is 15.1. The van der Waals surface area contributed by atoms with Crippen molar-refractivity contribution in [2.45, 2.75) is 96.3 Å². The second kappa shape index (κ2) is 5.13. The Morgan fingerprint density at radius 3 is 2.11 bits per heavy atom. The summed E-state index contributed by atoms with van der Waals surface area (Å²) in [5.41, 5.74) is 0.532. The van der Waals surface area contributed by atoms with Crippen LogP contribution >= 0.6 is 0 Å². The van der Waals surface area contributed by atoms with Gasteiger partial charge in [0.25, 0.3) is 0 Å². The Morgan fingerprint density at radius 1 is 1.00 bits per heavy atom. The van der Waals surface area contributed by atoms with Crippen LogP contribution < -0.4 is 10.6 Å². The first-order valence-corrected chi connectivity index (χ1v) is 7.85. The molecule has 0 radical (unpaired) electrons. The van der Waals surface area contributed by atoms with Crippen LogP contribution in [0.5, 0.6) is 0 Å². The van der Waals surface area contributed by atoms with Gasteiger partial charge in [-0.3, -0.25) is 0 Å². The lowest BCUT2D eigenvalue weighted by molar-refractivity contribution is 0.139. The molecule has 2 nitrogen and oxygen atoms in total. The van der Waals surface area contributed by atoms with Gasteiger partial charge in [0, 0.05) is 23.2 Å². The lowest BCUT2D eigenvalue weighted by Crippen LogP contribution is -2.62. The van der Waals surface area contributed by atoms with Crippen molar-refractivity contribution in [1.82, 2.24) is 10.6 Å². The molecule has 0 aromatic rings. The topological polar surface area (TPSA) is 24.1 Å². The fourth-order valence-corrected chi connectivity index (χ4v) is 4.37. The summed E-state index contributed by atoms with van der Waals surface area (Å²) >= 11 is 0. The van der Waals surface area contributed by atoms with E-state index in [0.717, 1.165) is 12.0 Å². The fraction of sp³-hybridized carbons (Fsp3) is 1.00. The van der Waals surface area contributed by atoms with Gasteiger partial charge in [-0.05, 0) is 65.7 Å². The van der Waals surface area contributed by atoms with Crippen LogP contribution in [0, 0.1) is 5.92 Å². The minimum atomic E-state index is 0.266. The zero-order chi connectivity index (χ0) is 13.4. The van der Waals surface area contributed by atoms with E-state index in [1.54, 1.807) is 0 Å². The summed E-state index contributed by atoms with van der Waals surface area (Å²) in [7, 11) is 0. The molecule has 2 atom stereocenters. The first-order valence-electron chi connectivity index (χ1n) is 7.85. The molecule has 18 heavy (non-hydrogen) atoms. The highest BCUT2D eigenvalue weighted by Gasteiger charge is 2.38. The third kappa shape index (κ3) is 3.71. The molecule has 2 aliphatic rings. The maximum atomic E-state index is 3.95. The van der Waals surface area contributed by atoms with Crippen molar-refractivity contribution in [2.24, 2.45) is 5.92 Å². The van der Waals surface area contributed by atoms with Crippen LogP contribution in [0.3, 0.4) is 0 Å². The van der Waals surface area contributed by atoms with Gasteiger partial charge >= 0.3 is 0 Å². The summed E-state index contributed by atoms with van der Waals surface area (Å²) in [5.74, 6) is 0.977. The van der Waals surface area contributed by atoms with Crippen molar-refractivity contribution >= 4 is 0 Å². The Labute approximate surface area is 113 Å². The molecule has 1 heterocycles. The Balaban J connectivity index is 1.89. The third-order valence-corrected chi connectivity index (χ3v) is 4.78. The van der Waals surface area contributed by atoms with Crippen LogP contribution in [0.4, 0.5) is 0 Å². The molecule has 2 heteroatoms. The van der Waals surface area contributed by atoms with E-state index in [2.05, 4.69) is 45.3 Å². The number of nitrogens with one attached hydrogen (secondary N) is 2. The van der Waals surface area contributed by atoms with Gasteiger partial charge in [0.15, 0.2) is 0 Å². The number of hydrogen-bond donors (Lipinski definition) is 2. The Morgan fingerprint density at radius 2 is 1.61 bits per heavy atom. The van der Waals surface area contributed by atoms with E-state index in [1.165, 1.54) is 38.5 Å². The van der Waals surface area contributed by atoms with Crippen molar-refractivity contribution in [3.8, 4) is 0 Å². The SMILES string of the molecule is CCC1CCC(NC2CC(C)(C)NC(C)(C)C2)C1. The normalized spacial score (nSPS) is 35.8. The fourth-order valence-electron chi connectivity index (χ4n) is 4.37. The highest BCUT2D eigenvalue weighted by molar-refractivity contribution is 5.00. The lowest BCUT2D eigenvalue weighted by Gasteiger charge is -2.47. The molecular weight excluding hydrogens is 220 g/mol. The second-order valence-electron chi connectivity index (χ2n) is 7.95. The predicted molar refractivity (Wildman–Crippen MR) is 78.9 cm³/mol. The molecule has 1 saturated carbocycles. The molecule has 2 unspecified atom stereocenters. The molecule has 0 bridgehead atoms. The standard InChI is InChI=1S/C16H32N2/c1-6-12-7-8-13(9-12)17-14-10-15(2,3)18-16(4,5)11-14/h12-14,17-18H,6-11H2,1-5H3. The quantitative estimate of drug-likeness (QED) is 0.804. The number of hydrogen-bond acceptors (Lipinski definition) is 2. The van der Waals surface area contributed by atoms with Gasteiger partial charge in [0.05, 0.1) is 0 Å². The van der Waals surface area contributed by atoms with Crippen LogP contribution in [0.1, 0.15) is 73.1 Å². The summed E-state index contributed by atoms with van der Waals surface area (Å²) in [6.07, 6.45) is 8.10. The molecule has 2 fully saturated rings. The van der Waals surface area contributed by atoms with Crippen LogP contribution in [0.25, 0.3) is 0 Å². The summed E-state index contributed by atoms with van der Waals surface area (Å²) < 4.78 is 0. The van der Waals surface area contributed by atoms with E-state index in [-0.39, 0.29) is 11.1 Å². The van der Waals surface area contributed by atoms with Gasteiger partial charge in [-0.15, -0.1) is 0 Å². The predicted octanol–water partition coefficient (Wildman–Crippen LogP) is 3.46. The molecule has 0 aromatic heterocycles. The van der Waals surface area contributed by atoms with Crippen molar-refractivity contribution in [3.63, 3.8) is 0 Å². The van der Waals surface area contributed by atoms with Crippen molar-refractivity contribution in [2.75, 3.05) is 0 Å². The van der Waals surface area contributed by atoms with Gasteiger partial charge in [0.1, 0.15) is 0 Å². The molecule has 1 saturated heterocycles. The average Bonchev–Trinajstić information content (AvgIpc) is 2.60. The molecule has 1 aliphatic heterocycles. The molecule has 106 valence electrons. The first kappa shape index (κ1) is 14.3. The Hall–Kier alpha value is -0.0800.